The predicted octanol–water partition coefficient (Wildman–Crippen LogP) is -0.391. The minimum Gasteiger partial charge on any atom is -0.383 e. The molecule has 0 atom stereocenters. The van der Waals surface area contributed by atoms with Gasteiger partial charge in [0.2, 0.25) is 5.91 Å². The summed E-state index contributed by atoms with van der Waals surface area (Å²) in [5, 5.41) is 5.70. The molecule has 8 heteroatoms. The number of carbonyl (C=O) groups is 1. The summed E-state index contributed by atoms with van der Waals surface area (Å²) in [5.74, 6) is 0.0510. The molecule has 0 bridgehead atoms. The van der Waals surface area contributed by atoms with E-state index in [0.29, 0.717) is 12.6 Å². The molecule has 0 radical (unpaired) electrons. The van der Waals surface area contributed by atoms with Crippen LogP contribution in [0.15, 0.2) is 9.59 Å². The number of rotatable bonds is 7. The molecule has 1 amide bonds. The van der Waals surface area contributed by atoms with Crippen LogP contribution in [0.25, 0.3) is 0 Å². The fraction of sp³-hybridized carbons (Fsp3) is 0.615. The van der Waals surface area contributed by atoms with Crippen LogP contribution >= 0.6 is 0 Å². The Hall–Kier alpha value is -2.25. The smallest absolute Gasteiger partial charge is 0.330 e. The normalized spacial score (nSPS) is 14.0. The minimum absolute atomic E-state index is 0.0538. The van der Waals surface area contributed by atoms with Crippen LogP contribution in [-0.4, -0.2) is 28.0 Å². The number of nitrogen functional groups attached to an aromatic ring is 1. The molecular weight excluding hydrogens is 274 g/mol. The van der Waals surface area contributed by atoms with Crippen molar-refractivity contribution in [2.75, 3.05) is 17.6 Å². The molecule has 5 N–H and O–H groups in total. The van der Waals surface area contributed by atoms with Crippen LogP contribution in [-0.2, 0) is 11.3 Å². The van der Waals surface area contributed by atoms with Crippen LogP contribution in [0.3, 0.4) is 0 Å². The second-order valence-corrected chi connectivity index (χ2v) is 5.19. The Morgan fingerprint density at radius 1 is 1.43 bits per heavy atom. The van der Waals surface area contributed by atoms with Gasteiger partial charge in [-0.3, -0.25) is 19.1 Å². The zero-order valence-corrected chi connectivity index (χ0v) is 12.1. The second kappa shape index (κ2) is 6.47. The molecule has 1 aromatic heterocycles. The summed E-state index contributed by atoms with van der Waals surface area (Å²) in [6.45, 7) is 2.63. The second-order valence-electron chi connectivity index (χ2n) is 5.19. The predicted molar refractivity (Wildman–Crippen MR) is 80.3 cm³/mol. The van der Waals surface area contributed by atoms with Gasteiger partial charge >= 0.3 is 5.69 Å². The van der Waals surface area contributed by atoms with E-state index in [2.05, 4.69) is 15.6 Å². The number of nitrogens with zero attached hydrogens (tertiary/aromatic N) is 1. The number of aromatic amines is 1. The lowest BCUT2D eigenvalue weighted by Crippen LogP contribution is -2.34. The summed E-state index contributed by atoms with van der Waals surface area (Å²) in [6, 6.07) is 0.317. The number of hydrogen-bond donors (Lipinski definition) is 4. The highest BCUT2D eigenvalue weighted by atomic mass is 16.2. The Labute approximate surface area is 121 Å². The Balaban J connectivity index is 2.01. The van der Waals surface area contributed by atoms with Gasteiger partial charge in [-0.25, -0.2) is 4.79 Å². The average Bonchev–Trinajstić information content (AvgIpc) is 3.22. The van der Waals surface area contributed by atoms with Gasteiger partial charge in [-0.1, -0.05) is 6.92 Å². The first kappa shape index (κ1) is 15.1. The quantitative estimate of drug-likeness (QED) is 0.545. The first-order valence-corrected chi connectivity index (χ1v) is 7.18. The standard InChI is InChI=1S/C13H21N5O3/c1-2-7-18-11(14)10(12(20)17-13(18)21)15-6-5-9(19)16-8-3-4-8/h8,15H,2-7,14H2,1H3,(H,16,19)(H,17,20,21). The largest absolute Gasteiger partial charge is 0.383 e. The van der Waals surface area contributed by atoms with Gasteiger partial charge in [-0.15, -0.1) is 0 Å². The van der Waals surface area contributed by atoms with Crippen molar-refractivity contribution in [2.24, 2.45) is 0 Å². The number of nitrogens with one attached hydrogen (secondary N) is 3. The molecule has 2 rings (SSSR count). The third kappa shape index (κ3) is 3.87. The number of aromatic nitrogens is 2. The number of amides is 1. The molecule has 0 spiro atoms. The highest BCUT2D eigenvalue weighted by Crippen LogP contribution is 2.18. The van der Waals surface area contributed by atoms with Crippen LogP contribution in [0.2, 0.25) is 0 Å². The van der Waals surface area contributed by atoms with Crippen molar-refractivity contribution in [1.29, 1.82) is 0 Å². The summed E-state index contributed by atoms with van der Waals surface area (Å²) in [6.07, 6.45) is 3.04. The summed E-state index contributed by atoms with van der Waals surface area (Å²) in [7, 11) is 0. The van der Waals surface area contributed by atoms with Gasteiger partial charge in [0.15, 0.2) is 0 Å². The Morgan fingerprint density at radius 3 is 2.76 bits per heavy atom. The highest BCUT2D eigenvalue weighted by molar-refractivity contribution is 5.77. The van der Waals surface area contributed by atoms with Crippen LogP contribution in [0.5, 0.6) is 0 Å². The van der Waals surface area contributed by atoms with Crippen LogP contribution in [0, 0.1) is 0 Å². The van der Waals surface area contributed by atoms with Gasteiger partial charge < -0.3 is 16.4 Å². The van der Waals surface area contributed by atoms with Gasteiger partial charge in [0.1, 0.15) is 11.5 Å². The summed E-state index contributed by atoms with van der Waals surface area (Å²) in [5.41, 5.74) is 4.92. The van der Waals surface area contributed by atoms with E-state index in [0.717, 1.165) is 19.3 Å². The Bertz CT molecular complexity index is 630. The summed E-state index contributed by atoms with van der Waals surface area (Å²) < 4.78 is 1.31. The van der Waals surface area contributed by atoms with Crippen molar-refractivity contribution >= 4 is 17.4 Å². The van der Waals surface area contributed by atoms with Gasteiger partial charge in [-0.05, 0) is 19.3 Å². The Kier molecular flexibility index (Phi) is 4.66. The lowest BCUT2D eigenvalue weighted by Gasteiger charge is -2.13. The van der Waals surface area contributed by atoms with E-state index in [4.69, 9.17) is 5.73 Å². The topological polar surface area (TPSA) is 122 Å². The number of H-pyrrole nitrogens is 1. The molecular formula is C13H21N5O3. The fourth-order valence-electron chi connectivity index (χ4n) is 2.03. The number of hydrogen-bond acceptors (Lipinski definition) is 5. The number of nitrogens with two attached hydrogens (primary N) is 1. The maximum atomic E-state index is 11.8. The van der Waals surface area contributed by atoms with Gasteiger partial charge in [0.05, 0.1) is 0 Å². The third-order valence-corrected chi connectivity index (χ3v) is 3.28. The molecule has 1 aliphatic carbocycles. The first-order chi connectivity index (χ1) is 10.0. The van der Waals surface area contributed by atoms with Crippen molar-refractivity contribution in [3.63, 3.8) is 0 Å². The molecule has 0 aromatic carbocycles. The van der Waals surface area contributed by atoms with E-state index in [-0.39, 0.29) is 30.4 Å². The molecule has 1 aliphatic rings. The maximum absolute atomic E-state index is 11.8. The van der Waals surface area contributed by atoms with Crippen LogP contribution in [0.1, 0.15) is 32.6 Å². The van der Waals surface area contributed by atoms with E-state index in [9.17, 15) is 14.4 Å². The van der Waals surface area contributed by atoms with Crippen molar-refractivity contribution in [2.45, 2.75) is 45.2 Å². The van der Waals surface area contributed by atoms with E-state index in [1.54, 1.807) is 0 Å². The van der Waals surface area contributed by atoms with Crippen molar-refractivity contribution in [3.05, 3.63) is 20.8 Å². The van der Waals surface area contributed by atoms with Crippen molar-refractivity contribution < 1.29 is 4.79 Å². The van der Waals surface area contributed by atoms with E-state index >= 15 is 0 Å². The van der Waals surface area contributed by atoms with Crippen molar-refractivity contribution in [1.82, 2.24) is 14.9 Å². The SMILES string of the molecule is CCCn1c(N)c(NCCC(=O)NC2CC2)c(=O)[nH]c1=O. The molecule has 1 heterocycles. The molecule has 116 valence electrons. The summed E-state index contributed by atoms with van der Waals surface area (Å²) in [4.78, 5) is 37.2. The lowest BCUT2D eigenvalue weighted by atomic mass is 10.3. The van der Waals surface area contributed by atoms with E-state index < -0.39 is 11.2 Å². The molecule has 0 aliphatic heterocycles. The molecule has 21 heavy (non-hydrogen) atoms. The molecule has 0 saturated heterocycles. The monoisotopic (exact) mass is 295 g/mol. The number of anilines is 2. The minimum atomic E-state index is -0.563. The average molecular weight is 295 g/mol. The third-order valence-electron chi connectivity index (χ3n) is 3.28. The van der Waals surface area contributed by atoms with Gasteiger partial charge in [-0.2, -0.15) is 0 Å². The maximum Gasteiger partial charge on any atom is 0.330 e. The van der Waals surface area contributed by atoms with Gasteiger partial charge in [0.25, 0.3) is 5.56 Å². The van der Waals surface area contributed by atoms with Crippen LogP contribution in [0.4, 0.5) is 11.5 Å². The van der Waals surface area contributed by atoms with E-state index in [1.807, 2.05) is 6.92 Å². The van der Waals surface area contributed by atoms with Crippen LogP contribution < -0.4 is 27.6 Å². The van der Waals surface area contributed by atoms with Gasteiger partial charge in [0, 0.05) is 25.6 Å². The zero-order valence-electron chi connectivity index (χ0n) is 12.1. The fourth-order valence-corrected chi connectivity index (χ4v) is 2.03. The highest BCUT2D eigenvalue weighted by Gasteiger charge is 2.22. The zero-order chi connectivity index (χ0) is 15.4. The lowest BCUT2D eigenvalue weighted by molar-refractivity contribution is -0.120. The Morgan fingerprint density at radius 2 is 2.14 bits per heavy atom. The molecule has 1 aromatic rings. The molecule has 0 unspecified atom stereocenters. The molecule has 1 saturated carbocycles. The first-order valence-electron chi connectivity index (χ1n) is 7.18. The van der Waals surface area contributed by atoms with E-state index in [1.165, 1.54) is 4.57 Å². The van der Waals surface area contributed by atoms with Crippen molar-refractivity contribution in [3.8, 4) is 0 Å². The number of carbonyl (C=O) groups excluding carboxylic acids is 1. The summed E-state index contributed by atoms with van der Waals surface area (Å²) >= 11 is 0. The molecule has 8 nitrogen and oxygen atoms in total. The molecule has 1 fully saturated rings.